The first-order chi connectivity index (χ1) is 12.7. The number of fused-ring (bicyclic) bond motifs is 2. The molecule has 1 aromatic carbocycles. The smallest absolute Gasteiger partial charge is 0.178 e. The van der Waals surface area contributed by atoms with E-state index in [-0.39, 0.29) is 12.1 Å². The summed E-state index contributed by atoms with van der Waals surface area (Å²) in [6, 6.07) is 12.4. The summed E-state index contributed by atoms with van der Waals surface area (Å²) in [7, 11) is 0. The summed E-state index contributed by atoms with van der Waals surface area (Å²) < 4.78 is 1.79. The van der Waals surface area contributed by atoms with Crippen LogP contribution in [0.1, 0.15) is 23.1 Å². The van der Waals surface area contributed by atoms with E-state index in [4.69, 9.17) is 0 Å². The van der Waals surface area contributed by atoms with Crippen LogP contribution < -0.4 is 4.90 Å². The normalized spacial score (nSPS) is 23.5. The van der Waals surface area contributed by atoms with Crippen LogP contribution in [0, 0.1) is 6.92 Å². The highest BCUT2D eigenvalue weighted by molar-refractivity contribution is 5.46. The summed E-state index contributed by atoms with van der Waals surface area (Å²) in [6.07, 6.45) is 0.549. The van der Waals surface area contributed by atoms with Gasteiger partial charge in [-0.3, -0.25) is 4.90 Å². The molecule has 0 bridgehead atoms. The number of aryl methyl sites for hydroxylation is 1. The third-order valence-corrected chi connectivity index (χ3v) is 5.68. The predicted molar refractivity (Wildman–Crippen MR) is 98.2 cm³/mol. The molecule has 0 amide bonds. The lowest BCUT2D eigenvalue weighted by molar-refractivity contribution is 0.0571. The first kappa shape index (κ1) is 15.7. The third kappa shape index (κ3) is 2.47. The van der Waals surface area contributed by atoms with Gasteiger partial charge >= 0.3 is 0 Å². The van der Waals surface area contributed by atoms with Gasteiger partial charge in [-0.05, 0) is 36.6 Å². The van der Waals surface area contributed by atoms with Gasteiger partial charge in [0, 0.05) is 32.2 Å². The quantitative estimate of drug-likeness (QED) is 0.749. The van der Waals surface area contributed by atoms with Gasteiger partial charge in [-0.15, -0.1) is 15.3 Å². The fourth-order valence-corrected chi connectivity index (χ4v) is 4.22. The van der Waals surface area contributed by atoms with E-state index >= 15 is 0 Å². The molecule has 3 heterocycles. The van der Waals surface area contributed by atoms with Gasteiger partial charge in [-0.25, -0.2) is 0 Å². The van der Waals surface area contributed by atoms with E-state index in [2.05, 4.69) is 43.3 Å². The summed E-state index contributed by atoms with van der Waals surface area (Å²) in [6.45, 7) is 5.57. The van der Waals surface area contributed by atoms with Gasteiger partial charge in [0.1, 0.15) is 5.82 Å². The van der Waals surface area contributed by atoms with Crippen molar-refractivity contribution in [3.8, 4) is 0 Å². The zero-order valence-corrected chi connectivity index (χ0v) is 14.8. The average molecular weight is 350 g/mol. The van der Waals surface area contributed by atoms with Crippen molar-refractivity contribution >= 4 is 11.5 Å². The first-order valence-electron chi connectivity index (χ1n) is 9.14. The van der Waals surface area contributed by atoms with Crippen LogP contribution in [0.25, 0.3) is 5.65 Å². The van der Waals surface area contributed by atoms with E-state index in [1.165, 1.54) is 5.56 Å². The van der Waals surface area contributed by atoms with Crippen LogP contribution in [-0.4, -0.2) is 62.0 Å². The van der Waals surface area contributed by atoms with Crippen molar-refractivity contribution in [1.82, 2.24) is 24.7 Å². The Labute approximate surface area is 151 Å². The van der Waals surface area contributed by atoms with Crippen molar-refractivity contribution in [2.75, 3.05) is 31.1 Å². The Morgan fingerprint density at radius 2 is 1.81 bits per heavy atom. The number of nitrogens with zero attached hydrogens (tertiary/aromatic N) is 6. The van der Waals surface area contributed by atoms with E-state index in [1.54, 1.807) is 4.52 Å². The van der Waals surface area contributed by atoms with Crippen molar-refractivity contribution in [2.45, 2.75) is 25.5 Å². The Morgan fingerprint density at radius 3 is 2.62 bits per heavy atom. The average Bonchev–Trinajstić information content (AvgIpc) is 3.22. The zero-order chi connectivity index (χ0) is 17.7. The van der Waals surface area contributed by atoms with Crippen LogP contribution in [-0.2, 0) is 6.42 Å². The highest BCUT2D eigenvalue weighted by atomic mass is 16.3. The van der Waals surface area contributed by atoms with Gasteiger partial charge in [0.25, 0.3) is 0 Å². The molecule has 2 atom stereocenters. The van der Waals surface area contributed by atoms with Crippen LogP contribution >= 0.6 is 0 Å². The third-order valence-electron chi connectivity index (χ3n) is 5.68. The highest BCUT2D eigenvalue weighted by Crippen LogP contribution is 2.34. The molecule has 1 aliphatic heterocycles. The number of anilines is 1. The summed E-state index contributed by atoms with van der Waals surface area (Å²) in [5.74, 6) is 1.75. The molecule has 1 fully saturated rings. The van der Waals surface area contributed by atoms with Crippen LogP contribution in [0.4, 0.5) is 5.82 Å². The molecule has 2 aromatic heterocycles. The maximum Gasteiger partial charge on any atom is 0.178 e. The van der Waals surface area contributed by atoms with Gasteiger partial charge in [0.15, 0.2) is 11.5 Å². The van der Waals surface area contributed by atoms with Crippen molar-refractivity contribution in [1.29, 1.82) is 0 Å². The molecule has 134 valence electrons. The second-order valence-electron chi connectivity index (χ2n) is 7.15. The minimum absolute atomic E-state index is 0.185. The Balaban J connectivity index is 1.30. The Kier molecular flexibility index (Phi) is 3.65. The lowest BCUT2D eigenvalue weighted by Gasteiger charge is -2.39. The Morgan fingerprint density at radius 1 is 1.00 bits per heavy atom. The van der Waals surface area contributed by atoms with Crippen molar-refractivity contribution in [3.05, 3.63) is 53.3 Å². The number of hydrogen-bond donors (Lipinski definition) is 1. The number of rotatable bonds is 2. The van der Waals surface area contributed by atoms with Crippen LogP contribution in [0.15, 0.2) is 36.4 Å². The summed E-state index contributed by atoms with van der Waals surface area (Å²) in [5.41, 5.74) is 3.15. The largest absolute Gasteiger partial charge is 0.387 e. The number of piperazine rings is 1. The Hall–Kier alpha value is -2.51. The molecule has 26 heavy (non-hydrogen) atoms. The fraction of sp³-hybridized carbons (Fsp3) is 0.421. The summed E-state index contributed by atoms with van der Waals surface area (Å²) in [5, 5.41) is 23.6. The van der Waals surface area contributed by atoms with Crippen LogP contribution in [0.3, 0.4) is 0 Å². The van der Waals surface area contributed by atoms with Crippen molar-refractivity contribution in [3.63, 3.8) is 0 Å². The lowest BCUT2D eigenvalue weighted by Crippen LogP contribution is -2.51. The molecule has 3 aromatic rings. The van der Waals surface area contributed by atoms with Crippen molar-refractivity contribution in [2.24, 2.45) is 0 Å². The molecule has 7 nitrogen and oxygen atoms in total. The summed E-state index contributed by atoms with van der Waals surface area (Å²) in [4.78, 5) is 4.72. The fourth-order valence-electron chi connectivity index (χ4n) is 4.22. The van der Waals surface area contributed by atoms with E-state index in [9.17, 15) is 5.11 Å². The number of aliphatic hydroxyl groups excluding tert-OH is 1. The molecule has 1 N–H and O–H groups in total. The van der Waals surface area contributed by atoms with Gasteiger partial charge in [-0.1, -0.05) is 24.3 Å². The molecular weight excluding hydrogens is 328 g/mol. The van der Waals surface area contributed by atoms with Gasteiger partial charge in [0.05, 0.1) is 6.10 Å². The second kappa shape index (κ2) is 6.03. The van der Waals surface area contributed by atoms with E-state index in [1.807, 2.05) is 25.1 Å². The molecule has 0 radical (unpaired) electrons. The molecule has 1 saturated heterocycles. The standard InChI is InChI=1S/C19H22N6O/c1-13-20-21-17-6-7-18(22-25(13)17)24-10-8-23(9-11-24)16-12-14-4-2-3-5-15(14)19(16)26/h2-7,16,19,26H,8-12H2,1H3/t16-,19-/m1/s1. The minimum Gasteiger partial charge on any atom is -0.387 e. The molecule has 1 aliphatic carbocycles. The first-order valence-corrected chi connectivity index (χ1v) is 9.14. The van der Waals surface area contributed by atoms with E-state index in [0.717, 1.165) is 55.5 Å². The van der Waals surface area contributed by atoms with Gasteiger partial charge in [-0.2, -0.15) is 4.52 Å². The molecule has 0 unspecified atom stereocenters. The van der Waals surface area contributed by atoms with E-state index in [0.29, 0.717) is 0 Å². The predicted octanol–water partition coefficient (Wildman–Crippen LogP) is 1.21. The monoisotopic (exact) mass is 350 g/mol. The number of aromatic nitrogens is 4. The topological polar surface area (TPSA) is 69.8 Å². The molecule has 7 heteroatoms. The van der Waals surface area contributed by atoms with Gasteiger partial charge < -0.3 is 10.0 Å². The minimum atomic E-state index is -0.383. The molecular formula is C19H22N6O. The Bertz CT molecular complexity index is 946. The maximum absolute atomic E-state index is 10.7. The van der Waals surface area contributed by atoms with Gasteiger partial charge in [0.2, 0.25) is 0 Å². The maximum atomic E-state index is 10.7. The number of hydrogen-bond acceptors (Lipinski definition) is 6. The van der Waals surface area contributed by atoms with Crippen LogP contribution in [0.5, 0.6) is 0 Å². The lowest BCUT2D eigenvalue weighted by atomic mass is 10.1. The molecule has 0 spiro atoms. The molecule has 5 rings (SSSR count). The molecule has 0 saturated carbocycles. The SMILES string of the molecule is Cc1nnc2ccc(N3CCN([C@@H]4Cc5ccccc5[C@H]4O)CC3)nn12. The van der Waals surface area contributed by atoms with Crippen LogP contribution in [0.2, 0.25) is 0 Å². The zero-order valence-electron chi connectivity index (χ0n) is 14.8. The highest BCUT2D eigenvalue weighted by Gasteiger charge is 2.36. The second-order valence-corrected chi connectivity index (χ2v) is 7.15. The number of benzene rings is 1. The van der Waals surface area contributed by atoms with E-state index < -0.39 is 0 Å². The number of aliphatic hydroxyl groups is 1. The van der Waals surface area contributed by atoms with Crippen molar-refractivity contribution < 1.29 is 5.11 Å². The molecule has 2 aliphatic rings. The summed E-state index contributed by atoms with van der Waals surface area (Å²) >= 11 is 0.